The van der Waals surface area contributed by atoms with Crippen molar-refractivity contribution in [2.24, 2.45) is 0 Å². The number of rotatable bonds is 5. The number of β-amino-alcohol motifs (C(OH)–C–C–N with tert-alkyl or cyclic N) is 1. The highest BCUT2D eigenvalue weighted by Crippen LogP contribution is 2.16. The fraction of sp³-hybridized carbons (Fsp3) is 1.00. The third kappa shape index (κ3) is 3.23. The lowest BCUT2D eigenvalue weighted by molar-refractivity contribution is 0.0283. The van der Waals surface area contributed by atoms with Crippen molar-refractivity contribution in [1.29, 1.82) is 0 Å². The summed E-state index contributed by atoms with van der Waals surface area (Å²) < 4.78 is 4.84. The Labute approximate surface area is 79.1 Å². The summed E-state index contributed by atoms with van der Waals surface area (Å²) in [4.78, 5) is 2.13. The van der Waals surface area contributed by atoms with Gasteiger partial charge in [-0.25, -0.2) is 0 Å². The predicted molar refractivity (Wildman–Crippen MR) is 49.6 cm³/mol. The molecule has 0 amide bonds. The highest BCUT2D eigenvalue weighted by molar-refractivity contribution is 4.79. The van der Waals surface area contributed by atoms with E-state index >= 15 is 0 Å². The van der Waals surface area contributed by atoms with Crippen LogP contribution < -0.4 is 0 Å². The van der Waals surface area contributed by atoms with Gasteiger partial charge in [0.15, 0.2) is 0 Å². The van der Waals surface area contributed by atoms with E-state index in [4.69, 9.17) is 9.84 Å². The second-order valence-electron chi connectivity index (χ2n) is 3.58. The molecular weight excluding hydrogens is 170 g/mol. The van der Waals surface area contributed by atoms with Crippen molar-refractivity contribution in [3.63, 3.8) is 0 Å². The Kier molecular flexibility index (Phi) is 4.66. The van der Waals surface area contributed by atoms with Crippen LogP contribution in [-0.4, -0.2) is 60.7 Å². The van der Waals surface area contributed by atoms with Gasteiger partial charge in [-0.15, -0.1) is 0 Å². The molecule has 0 aromatic carbocycles. The number of nitrogens with zero attached hydrogens (tertiary/aromatic N) is 1. The van der Waals surface area contributed by atoms with Gasteiger partial charge in [0, 0.05) is 19.7 Å². The molecule has 1 saturated heterocycles. The van der Waals surface area contributed by atoms with Crippen LogP contribution in [0, 0.1) is 0 Å². The van der Waals surface area contributed by atoms with E-state index in [0.717, 1.165) is 19.4 Å². The zero-order chi connectivity index (χ0) is 9.68. The van der Waals surface area contributed by atoms with Gasteiger partial charge in [-0.2, -0.15) is 0 Å². The van der Waals surface area contributed by atoms with Crippen molar-refractivity contribution < 1.29 is 14.9 Å². The Hall–Kier alpha value is -0.160. The van der Waals surface area contributed by atoms with E-state index in [9.17, 15) is 5.11 Å². The summed E-state index contributed by atoms with van der Waals surface area (Å²) in [7, 11) is 1.58. The molecular formula is C9H19NO3. The third-order valence-corrected chi connectivity index (χ3v) is 2.51. The molecule has 0 aliphatic carbocycles. The van der Waals surface area contributed by atoms with Crippen LogP contribution in [0.25, 0.3) is 0 Å². The quantitative estimate of drug-likeness (QED) is 0.609. The molecule has 4 heteroatoms. The molecule has 0 radical (unpaired) electrons. The molecule has 1 aliphatic rings. The molecule has 78 valence electrons. The van der Waals surface area contributed by atoms with Crippen molar-refractivity contribution in [3.05, 3.63) is 0 Å². The number of ether oxygens (including phenoxy) is 1. The number of aliphatic hydroxyl groups is 2. The van der Waals surface area contributed by atoms with Gasteiger partial charge in [-0.1, -0.05) is 0 Å². The van der Waals surface area contributed by atoms with Crippen LogP contribution in [0.15, 0.2) is 0 Å². The average Bonchev–Trinajstić information content (AvgIpc) is 2.52. The second kappa shape index (κ2) is 5.54. The fourth-order valence-electron chi connectivity index (χ4n) is 1.86. The maximum absolute atomic E-state index is 9.47. The predicted octanol–water partition coefficient (Wildman–Crippen LogP) is -0.550. The fourth-order valence-corrected chi connectivity index (χ4v) is 1.86. The molecule has 1 fully saturated rings. The third-order valence-electron chi connectivity index (χ3n) is 2.51. The molecule has 2 unspecified atom stereocenters. The van der Waals surface area contributed by atoms with E-state index < -0.39 is 6.10 Å². The van der Waals surface area contributed by atoms with Crippen molar-refractivity contribution in [2.75, 3.05) is 33.4 Å². The maximum atomic E-state index is 9.47. The summed E-state index contributed by atoms with van der Waals surface area (Å²) in [6.07, 6.45) is 1.72. The Morgan fingerprint density at radius 1 is 1.62 bits per heavy atom. The van der Waals surface area contributed by atoms with Gasteiger partial charge < -0.3 is 14.9 Å². The number of aliphatic hydroxyl groups excluding tert-OH is 2. The zero-order valence-corrected chi connectivity index (χ0v) is 8.15. The number of hydrogen-bond acceptors (Lipinski definition) is 4. The topological polar surface area (TPSA) is 52.9 Å². The second-order valence-corrected chi connectivity index (χ2v) is 3.58. The molecule has 1 heterocycles. The van der Waals surface area contributed by atoms with E-state index in [1.165, 1.54) is 0 Å². The van der Waals surface area contributed by atoms with Gasteiger partial charge in [0.2, 0.25) is 0 Å². The van der Waals surface area contributed by atoms with Gasteiger partial charge in [0.05, 0.1) is 19.3 Å². The molecule has 0 aromatic rings. The average molecular weight is 189 g/mol. The monoisotopic (exact) mass is 189 g/mol. The molecule has 13 heavy (non-hydrogen) atoms. The van der Waals surface area contributed by atoms with Crippen LogP contribution in [0.2, 0.25) is 0 Å². The lowest BCUT2D eigenvalue weighted by atomic mass is 10.2. The lowest BCUT2D eigenvalue weighted by Gasteiger charge is -2.24. The zero-order valence-electron chi connectivity index (χ0n) is 8.15. The Balaban J connectivity index is 2.26. The summed E-state index contributed by atoms with van der Waals surface area (Å²) in [5.74, 6) is 0. The smallest absolute Gasteiger partial charge is 0.0900 e. The Morgan fingerprint density at radius 3 is 3.00 bits per heavy atom. The van der Waals surface area contributed by atoms with Crippen molar-refractivity contribution >= 4 is 0 Å². The molecule has 1 rings (SSSR count). The van der Waals surface area contributed by atoms with Crippen molar-refractivity contribution in [2.45, 2.75) is 25.0 Å². The van der Waals surface area contributed by atoms with Gasteiger partial charge in [-0.05, 0) is 19.4 Å². The van der Waals surface area contributed by atoms with Crippen LogP contribution in [0.5, 0.6) is 0 Å². The Morgan fingerprint density at radius 2 is 2.38 bits per heavy atom. The van der Waals surface area contributed by atoms with Crippen LogP contribution in [-0.2, 0) is 4.74 Å². The highest BCUT2D eigenvalue weighted by Gasteiger charge is 2.25. The van der Waals surface area contributed by atoms with Crippen LogP contribution in [0.1, 0.15) is 12.8 Å². The molecule has 2 atom stereocenters. The first-order valence-corrected chi connectivity index (χ1v) is 4.79. The van der Waals surface area contributed by atoms with Crippen molar-refractivity contribution in [3.8, 4) is 0 Å². The summed E-state index contributed by atoms with van der Waals surface area (Å²) in [5.41, 5.74) is 0. The van der Waals surface area contributed by atoms with Crippen molar-refractivity contribution in [1.82, 2.24) is 4.90 Å². The van der Waals surface area contributed by atoms with E-state index in [-0.39, 0.29) is 12.6 Å². The molecule has 2 N–H and O–H groups in total. The van der Waals surface area contributed by atoms with Gasteiger partial charge >= 0.3 is 0 Å². The van der Waals surface area contributed by atoms with Crippen LogP contribution >= 0.6 is 0 Å². The highest BCUT2D eigenvalue weighted by atomic mass is 16.5. The maximum Gasteiger partial charge on any atom is 0.0900 e. The Bertz CT molecular complexity index is 143. The SMILES string of the molecule is COCC(O)CN1CCCC1CO. The molecule has 0 bridgehead atoms. The van der Waals surface area contributed by atoms with E-state index in [1.54, 1.807) is 7.11 Å². The van der Waals surface area contributed by atoms with Crippen LogP contribution in [0.4, 0.5) is 0 Å². The first-order chi connectivity index (χ1) is 6.27. The van der Waals surface area contributed by atoms with Gasteiger partial charge in [-0.3, -0.25) is 4.90 Å². The summed E-state index contributed by atoms with van der Waals surface area (Å²) in [5, 5.41) is 18.5. The number of likely N-dealkylation sites (tertiary alicyclic amines) is 1. The van der Waals surface area contributed by atoms with Crippen LogP contribution in [0.3, 0.4) is 0 Å². The lowest BCUT2D eigenvalue weighted by Crippen LogP contribution is -2.39. The standard InChI is InChI=1S/C9H19NO3/c1-13-7-9(12)5-10-4-2-3-8(10)6-11/h8-9,11-12H,2-7H2,1H3. The van der Waals surface area contributed by atoms with Gasteiger partial charge in [0.1, 0.15) is 0 Å². The summed E-state index contributed by atoms with van der Waals surface area (Å²) in [6.45, 7) is 2.15. The van der Waals surface area contributed by atoms with E-state index in [2.05, 4.69) is 4.90 Å². The number of methoxy groups -OCH3 is 1. The first-order valence-electron chi connectivity index (χ1n) is 4.79. The largest absolute Gasteiger partial charge is 0.395 e. The first kappa shape index (κ1) is 10.9. The van der Waals surface area contributed by atoms with Gasteiger partial charge in [0.25, 0.3) is 0 Å². The molecule has 0 spiro atoms. The molecule has 0 saturated carbocycles. The molecule has 4 nitrogen and oxygen atoms in total. The summed E-state index contributed by atoms with van der Waals surface area (Å²) >= 11 is 0. The minimum Gasteiger partial charge on any atom is -0.395 e. The van der Waals surface area contributed by atoms with E-state index in [0.29, 0.717) is 13.2 Å². The molecule has 1 aliphatic heterocycles. The number of hydrogen-bond donors (Lipinski definition) is 2. The minimum absolute atomic E-state index is 0.194. The molecule has 0 aromatic heterocycles. The summed E-state index contributed by atoms with van der Waals surface area (Å²) in [6, 6.07) is 0.242. The minimum atomic E-state index is -0.433. The van der Waals surface area contributed by atoms with E-state index in [1.807, 2.05) is 0 Å². The normalized spacial score (nSPS) is 26.5.